The van der Waals surface area contributed by atoms with Crippen LogP contribution in [0.5, 0.6) is 0 Å². The van der Waals surface area contributed by atoms with E-state index >= 15 is 0 Å². The van der Waals surface area contributed by atoms with Gasteiger partial charge in [0, 0.05) is 80.3 Å². The molecule has 0 saturated carbocycles. The molecule has 1 N–H and O–H groups in total. The molecule has 6 aromatic rings. The number of H-pyrrole nitrogens is 1. The number of fused-ring (bicyclic) bond motifs is 8. The molecule has 0 radical (unpaired) electrons. The number of aryl methyl sites for hydroxylation is 3. The summed E-state index contributed by atoms with van der Waals surface area (Å²) in [7, 11) is 0. The molecular weight excluding hydrogens is 554 g/mol. The molecule has 0 fully saturated rings. The third-order valence-corrected chi connectivity index (χ3v) is 8.30. The normalized spacial score (nSPS) is 12.2. The number of rotatable bonds is 3. The summed E-state index contributed by atoms with van der Waals surface area (Å²) in [5.41, 5.74) is 12.9. The maximum atomic E-state index is 5.05. The predicted molar refractivity (Wildman–Crippen MR) is 177 cm³/mol. The summed E-state index contributed by atoms with van der Waals surface area (Å²) in [4.78, 5) is 13.6. The SMILES string of the molecule is Cc1cccc[n+]1-c1c(-[n+]2ccccc2C)c2cc3nc(cc4ccc(cc5nc(cc1n2-[n+]1ccccc1C)C=C5)[nH]4)C=C3. The molecule has 0 saturated heterocycles. The number of nitrogens with one attached hydrogen (secondary N) is 1. The minimum Gasteiger partial charge on any atom is -0.355 e. The van der Waals surface area contributed by atoms with E-state index in [1.165, 1.54) is 0 Å². The Kier molecular flexibility index (Phi) is 6.31. The maximum Gasteiger partial charge on any atom is 0.315 e. The lowest BCUT2D eigenvalue weighted by Crippen LogP contribution is -2.44. The standard InChI is InChI=1S/C38H32N7/c1-26-10-4-7-19-42(26)37-35-24-33-17-15-31(40-33)22-29-13-14-30(39-29)23-32-16-18-34(41-32)25-36(38(37)43-20-8-5-11-27(43)2)45(35)44-21-9-6-12-28(44)3/h4-25,39H,1-3H3/q+3. The quantitative estimate of drug-likeness (QED) is 0.251. The van der Waals surface area contributed by atoms with Gasteiger partial charge in [0.2, 0.25) is 11.9 Å². The lowest BCUT2D eigenvalue weighted by molar-refractivity contribution is -0.727. The van der Waals surface area contributed by atoms with E-state index < -0.39 is 0 Å². The van der Waals surface area contributed by atoms with Crippen LogP contribution in [0.4, 0.5) is 0 Å². The highest BCUT2D eigenvalue weighted by molar-refractivity contribution is 5.85. The van der Waals surface area contributed by atoms with Crippen LogP contribution in [0.2, 0.25) is 0 Å². The lowest BCUT2D eigenvalue weighted by atomic mass is 10.2. The van der Waals surface area contributed by atoms with Gasteiger partial charge in [-0.2, -0.15) is 9.13 Å². The summed E-state index contributed by atoms with van der Waals surface area (Å²) in [5.74, 6) is 0. The highest BCUT2D eigenvalue weighted by Gasteiger charge is 2.37. The monoisotopic (exact) mass is 586 g/mol. The number of hydrogen-bond donors (Lipinski definition) is 1. The number of hydrogen-bond acceptors (Lipinski definition) is 2. The number of aromatic amines is 1. The van der Waals surface area contributed by atoms with Crippen molar-refractivity contribution in [2.75, 3.05) is 0 Å². The van der Waals surface area contributed by atoms with Crippen LogP contribution < -0.4 is 13.8 Å². The van der Waals surface area contributed by atoms with Crippen LogP contribution in [0.3, 0.4) is 0 Å². The Bertz CT molecular complexity index is 2230. The zero-order chi connectivity index (χ0) is 30.5. The average molecular weight is 587 g/mol. The molecule has 0 atom stereocenters. The number of nitrogens with zero attached hydrogens (tertiary/aromatic N) is 6. The van der Waals surface area contributed by atoms with Crippen LogP contribution in [0.25, 0.3) is 57.7 Å². The fraction of sp³-hybridized carbons (Fsp3) is 0.0789. The second-order valence-electron chi connectivity index (χ2n) is 11.4. The van der Waals surface area contributed by atoms with Crippen molar-refractivity contribution in [2.24, 2.45) is 0 Å². The number of pyridine rings is 3. The van der Waals surface area contributed by atoms with Crippen LogP contribution in [0.15, 0.2) is 110 Å². The van der Waals surface area contributed by atoms with E-state index in [1.807, 2.05) is 0 Å². The molecule has 0 spiro atoms. The van der Waals surface area contributed by atoms with Gasteiger partial charge in [-0.25, -0.2) is 9.97 Å². The maximum absolute atomic E-state index is 5.05. The van der Waals surface area contributed by atoms with E-state index in [4.69, 9.17) is 9.97 Å². The van der Waals surface area contributed by atoms with Gasteiger partial charge in [-0.15, -0.1) is 4.68 Å². The number of aromatic nitrogens is 7. The Morgan fingerprint density at radius 3 is 1.42 bits per heavy atom. The van der Waals surface area contributed by atoms with Gasteiger partial charge < -0.3 is 4.98 Å². The molecule has 2 aliphatic heterocycles. The van der Waals surface area contributed by atoms with Gasteiger partial charge in [0.15, 0.2) is 34.8 Å². The minimum absolute atomic E-state index is 0.872. The van der Waals surface area contributed by atoms with Crippen molar-refractivity contribution in [3.63, 3.8) is 0 Å². The van der Waals surface area contributed by atoms with Gasteiger partial charge in [0.1, 0.15) is 0 Å². The first-order valence-electron chi connectivity index (χ1n) is 15.1. The van der Waals surface area contributed by atoms with Gasteiger partial charge in [0.05, 0.1) is 22.8 Å². The van der Waals surface area contributed by atoms with Crippen LogP contribution >= 0.6 is 0 Å². The van der Waals surface area contributed by atoms with Gasteiger partial charge in [0.25, 0.3) is 0 Å². The molecule has 8 bridgehead atoms. The van der Waals surface area contributed by atoms with Crippen molar-refractivity contribution in [1.82, 2.24) is 19.6 Å². The molecular formula is C38H32N7+3. The Hall–Kier alpha value is -5.95. The molecule has 7 heteroatoms. The molecule has 7 nitrogen and oxygen atoms in total. The third kappa shape index (κ3) is 4.75. The van der Waals surface area contributed by atoms with E-state index in [2.05, 4.69) is 178 Å². The van der Waals surface area contributed by atoms with Crippen molar-refractivity contribution in [2.45, 2.75) is 20.8 Å². The predicted octanol–water partition coefficient (Wildman–Crippen LogP) is 6.21. The van der Waals surface area contributed by atoms with Gasteiger partial charge in [-0.3, -0.25) is 0 Å². The Morgan fingerprint density at radius 2 is 0.956 bits per heavy atom. The third-order valence-electron chi connectivity index (χ3n) is 8.30. The first kappa shape index (κ1) is 26.7. The molecule has 0 unspecified atom stereocenters. The minimum atomic E-state index is 0.872. The molecule has 2 aliphatic rings. The van der Waals surface area contributed by atoms with Crippen molar-refractivity contribution in [1.29, 1.82) is 0 Å². The first-order chi connectivity index (χ1) is 22.0. The molecule has 0 amide bonds. The van der Waals surface area contributed by atoms with E-state index in [1.54, 1.807) is 0 Å². The van der Waals surface area contributed by atoms with E-state index in [0.717, 1.165) is 73.3 Å². The average Bonchev–Trinajstić information content (AvgIpc) is 3.83. The summed E-state index contributed by atoms with van der Waals surface area (Å²) >= 11 is 0. The van der Waals surface area contributed by atoms with E-state index in [0.29, 0.717) is 0 Å². The van der Waals surface area contributed by atoms with Crippen LogP contribution in [0.1, 0.15) is 39.9 Å². The van der Waals surface area contributed by atoms with Crippen molar-refractivity contribution in [3.8, 4) is 11.4 Å². The summed E-state index contributed by atoms with van der Waals surface area (Å²) in [6, 6.07) is 31.6. The van der Waals surface area contributed by atoms with E-state index in [9.17, 15) is 0 Å². The summed E-state index contributed by atoms with van der Waals surface area (Å²) in [5, 5.41) is 0. The van der Waals surface area contributed by atoms with E-state index in [-0.39, 0.29) is 0 Å². The largest absolute Gasteiger partial charge is 0.355 e. The zero-order valence-corrected chi connectivity index (χ0v) is 25.4. The summed E-state index contributed by atoms with van der Waals surface area (Å²) in [6.07, 6.45) is 14.7. The molecule has 0 aromatic carbocycles. The Labute approximate surface area is 261 Å². The van der Waals surface area contributed by atoms with Gasteiger partial charge >= 0.3 is 11.4 Å². The molecule has 8 rings (SSSR count). The zero-order valence-electron chi connectivity index (χ0n) is 25.4. The van der Waals surface area contributed by atoms with Gasteiger partial charge in [-0.1, -0.05) is 16.8 Å². The lowest BCUT2D eigenvalue weighted by Gasteiger charge is -2.02. The Morgan fingerprint density at radius 1 is 0.511 bits per heavy atom. The summed E-state index contributed by atoms with van der Waals surface area (Å²) < 4.78 is 9.04. The fourth-order valence-corrected chi connectivity index (χ4v) is 6.15. The van der Waals surface area contributed by atoms with Crippen molar-refractivity contribution in [3.05, 3.63) is 149 Å². The van der Waals surface area contributed by atoms with Crippen molar-refractivity contribution >= 4 is 46.4 Å². The summed E-state index contributed by atoms with van der Waals surface area (Å²) in [6.45, 7) is 6.42. The smallest absolute Gasteiger partial charge is 0.315 e. The van der Waals surface area contributed by atoms with Crippen molar-refractivity contribution < 1.29 is 13.8 Å². The first-order valence-corrected chi connectivity index (χ1v) is 15.1. The second kappa shape index (κ2) is 10.6. The second-order valence-corrected chi connectivity index (χ2v) is 11.4. The molecule has 0 aliphatic carbocycles. The van der Waals surface area contributed by atoms with Gasteiger partial charge in [-0.05, 0) is 54.6 Å². The highest BCUT2D eigenvalue weighted by Crippen LogP contribution is 2.28. The molecule has 8 heterocycles. The van der Waals surface area contributed by atoms with Crippen LogP contribution in [-0.4, -0.2) is 19.6 Å². The fourth-order valence-electron chi connectivity index (χ4n) is 6.15. The molecule has 45 heavy (non-hydrogen) atoms. The topological polar surface area (TPSA) is 58.1 Å². The van der Waals surface area contributed by atoms with Crippen LogP contribution in [0, 0.1) is 20.8 Å². The highest BCUT2D eigenvalue weighted by atomic mass is 15.5. The van der Waals surface area contributed by atoms with Crippen LogP contribution in [-0.2, 0) is 0 Å². The molecule has 216 valence electrons. The Balaban J connectivity index is 1.67. The molecule has 6 aromatic heterocycles.